The van der Waals surface area contributed by atoms with Crippen molar-refractivity contribution in [1.82, 2.24) is 29.5 Å². The number of carbonyl (C=O) groups is 1. The first-order valence-corrected chi connectivity index (χ1v) is 11.8. The third kappa shape index (κ3) is 5.35. The highest BCUT2D eigenvalue weighted by molar-refractivity contribution is 5.96. The average Bonchev–Trinajstić information content (AvgIpc) is 3.64. The Hall–Kier alpha value is -5.15. The molecule has 12 nitrogen and oxygen atoms in total. The summed E-state index contributed by atoms with van der Waals surface area (Å²) >= 11 is 0. The Morgan fingerprint density at radius 1 is 1.20 bits per heavy atom. The van der Waals surface area contributed by atoms with E-state index in [1.165, 1.54) is 32.6 Å². The third-order valence-electron chi connectivity index (χ3n) is 6.12. The van der Waals surface area contributed by atoms with Gasteiger partial charge in [-0.05, 0) is 36.8 Å². The molecule has 0 unspecified atom stereocenters. The van der Waals surface area contributed by atoms with Crippen LogP contribution in [-0.2, 0) is 31.2 Å². The number of carbonyl (C=O) groups excluding carboxylic acids is 1. The number of nitrogens with zero attached hydrogens (tertiary/aromatic N) is 5. The number of rotatable bonds is 8. The summed E-state index contributed by atoms with van der Waals surface area (Å²) < 4.78 is 74.9. The number of ether oxygens (including phenoxy) is 2. The molecule has 3 aromatic heterocycles. The second kappa shape index (κ2) is 10.4. The van der Waals surface area contributed by atoms with E-state index in [0.717, 1.165) is 27.3 Å². The van der Waals surface area contributed by atoms with Crippen LogP contribution in [0.1, 0.15) is 17.1 Å². The topological polar surface area (TPSA) is 142 Å². The number of hydrogen-bond acceptors (Lipinski definition) is 8. The summed E-state index contributed by atoms with van der Waals surface area (Å²) in [6.07, 6.45) is -3.59. The van der Waals surface area contributed by atoms with Crippen molar-refractivity contribution in [2.45, 2.75) is 26.3 Å². The quantitative estimate of drug-likeness (QED) is 0.266. The van der Waals surface area contributed by atoms with Crippen LogP contribution in [-0.4, -0.2) is 42.5 Å². The van der Waals surface area contributed by atoms with E-state index >= 15 is 4.39 Å². The molecule has 214 valence electrons. The Morgan fingerprint density at radius 3 is 2.61 bits per heavy atom. The molecule has 2 N–H and O–H groups in total. The molecule has 0 radical (unpaired) electrons. The number of hydrogen-bond donors (Lipinski definition) is 2. The van der Waals surface area contributed by atoms with Gasteiger partial charge in [0.25, 0.3) is 0 Å². The summed E-state index contributed by atoms with van der Waals surface area (Å²) in [5.74, 6) is -1.29. The Morgan fingerprint density at radius 2 is 1.98 bits per heavy atom. The van der Waals surface area contributed by atoms with Gasteiger partial charge >= 0.3 is 11.9 Å². The number of aromatic amines is 1. The molecule has 3 heterocycles. The lowest BCUT2D eigenvalue weighted by molar-refractivity contribution is -0.137. The van der Waals surface area contributed by atoms with E-state index in [1.54, 1.807) is 6.92 Å². The van der Waals surface area contributed by atoms with Gasteiger partial charge in [-0.1, -0.05) is 5.16 Å². The molecule has 0 bridgehead atoms. The van der Waals surface area contributed by atoms with Gasteiger partial charge in [0, 0.05) is 18.7 Å². The number of benzene rings is 2. The number of halogens is 4. The van der Waals surface area contributed by atoms with Crippen molar-refractivity contribution in [2.75, 3.05) is 12.4 Å². The van der Waals surface area contributed by atoms with E-state index in [4.69, 9.17) is 14.0 Å². The second-order valence-electron chi connectivity index (χ2n) is 8.90. The molecule has 1 amide bonds. The van der Waals surface area contributed by atoms with Gasteiger partial charge in [0.15, 0.2) is 29.0 Å². The van der Waals surface area contributed by atoms with E-state index < -0.39 is 35.7 Å². The van der Waals surface area contributed by atoms with Crippen molar-refractivity contribution < 1.29 is 36.4 Å². The fourth-order valence-corrected chi connectivity index (χ4v) is 4.30. The number of imidazole rings is 1. The summed E-state index contributed by atoms with van der Waals surface area (Å²) in [4.78, 5) is 29.7. The van der Waals surface area contributed by atoms with Gasteiger partial charge in [0.2, 0.25) is 5.91 Å². The maximum absolute atomic E-state index is 15.3. The highest BCUT2D eigenvalue weighted by atomic mass is 19.4. The summed E-state index contributed by atoms with van der Waals surface area (Å²) in [6.45, 7) is 0.786. The van der Waals surface area contributed by atoms with E-state index in [9.17, 15) is 22.8 Å². The molecule has 0 aliphatic heterocycles. The fraction of sp³-hybridized carbons (Fsp3) is 0.240. The number of nitrogens with one attached hydrogen (secondary N) is 2. The summed E-state index contributed by atoms with van der Waals surface area (Å²) in [5.41, 5.74) is -2.20. The van der Waals surface area contributed by atoms with Gasteiger partial charge < -0.3 is 19.3 Å². The molecule has 0 atom stereocenters. The Balaban J connectivity index is 1.62. The van der Waals surface area contributed by atoms with Gasteiger partial charge in [-0.3, -0.25) is 19.0 Å². The number of methoxy groups -OCH3 is 1. The molecule has 0 saturated carbocycles. The normalized spacial score (nSPS) is 11.7. The van der Waals surface area contributed by atoms with Gasteiger partial charge in [-0.2, -0.15) is 18.3 Å². The molecular formula is C25H21F4N7O5. The van der Waals surface area contributed by atoms with Crippen molar-refractivity contribution >= 4 is 22.8 Å². The Kier molecular flexibility index (Phi) is 6.98. The lowest BCUT2D eigenvalue weighted by Crippen LogP contribution is -2.28. The predicted octanol–water partition coefficient (Wildman–Crippen LogP) is 3.81. The zero-order valence-corrected chi connectivity index (χ0v) is 21.7. The molecule has 16 heteroatoms. The standard InChI is InChI=1S/C25H21F4N7O5/c1-12-4-19(34-41-12)32-21(37)9-36-17-8-14(25(27,28)29)7-15(22(17)35(2)24(36)38)13-5-16(26)23(18(6-13)39-3)40-10-20-30-11-31-33-20/h4-8,11H,9-10H2,1-3H3,(H,30,31,33)(H,32,34,37). The third-order valence-corrected chi connectivity index (χ3v) is 6.12. The van der Waals surface area contributed by atoms with Crippen LogP contribution in [0.2, 0.25) is 0 Å². The molecule has 0 spiro atoms. The number of H-pyrrole nitrogens is 1. The largest absolute Gasteiger partial charge is 0.493 e. The molecule has 5 aromatic rings. The van der Waals surface area contributed by atoms with Crippen molar-refractivity contribution in [3.63, 3.8) is 0 Å². The average molecular weight is 575 g/mol. The minimum absolute atomic E-state index is 0.0299. The van der Waals surface area contributed by atoms with E-state index in [2.05, 4.69) is 25.7 Å². The van der Waals surface area contributed by atoms with Gasteiger partial charge in [-0.15, -0.1) is 0 Å². The molecule has 5 rings (SSSR count). The molecule has 41 heavy (non-hydrogen) atoms. The molecule has 0 aliphatic rings. The lowest BCUT2D eigenvalue weighted by Gasteiger charge is -2.15. The van der Waals surface area contributed by atoms with E-state index in [-0.39, 0.29) is 46.1 Å². The first kappa shape index (κ1) is 27.4. The van der Waals surface area contributed by atoms with Crippen LogP contribution < -0.4 is 20.5 Å². The molecule has 0 fully saturated rings. The van der Waals surface area contributed by atoms with Gasteiger partial charge in [-0.25, -0.2) is 14.2 Å². The number of aryl methyl sites for hydroxylation is 2. The van der Waals surface area contributed by atoms with Crippen LogP contribution in [0.25, 0.3) is 22.2 Å². The summed E-state index contributed by atoms with van der Waals surface area (Å²) in [6, 6.07) is 5.25. The lowest BCUT2D eigenvalue weighted by atomic mass is 9.99. The number of anilines is 1. The first-order chi connectivity index (χ1) is 19.5. The number of fused-ring (bicyclic) bond motifs is 1. The van der Waals surface area contributed by atoms with E-state index in [0.29, 0.717) is 11.6 Å². The molecular weight excluding hydrogens is 554 g/mol. The highest BCUT2D eigenvalue weighted by Crippen LogP contribution is 2.41. The van der Waals surface area contributed by atoms with Crippen LogP contribution in [0.3, 0.4) is 0 Å². The van der Waals surface area contributed by atoms with Gasteiger partial charge in [0.05, 0.1) is 23.7 Å². The summed E-state index contributed by atoms with van der Waals surface area (Å²) in [7, 11) is 2.57. The molecule has 0 aliphatic carbocycles. The van der Waals surface area contributed by atoms with Gasteiger partial charge in [0.1, 0.15) is 25.2 Å². The SMILES string of the molecule is COc1cc(-c2cc(C(F)(F)F)cc3c2n(C)c(=O)n3CC(=O)Nc2cc(C)on2)cc(F)c1OCc1ncn[nH]1. The minimum atomic E-state index is -4.83. The second-order valence-corrected chi connectivity index (χ2v) is 8.90. The zero-order chi connectivity index (χ0) is 29.5. The van der Waals surface area contributed by atoms with Crippen molar-refractivity contribution in [3.8, 4) is 22.6 Å². The van der Waals surface area contributed by atoms with Crippen LogP contribution in [0, 0.1) is 12.7 Å². The molecule has 2 aromatic carbocycles. The fourth-order valence-electron chi connectivity index (χ4n) is 4.30. The Labute approximate surface area is 227 Å². The predicted molar refractivity (Wildman–Crippen MR) is 135 cm³/mol. The van der Waals surface area contributed by atoms with Crippen molar-refractivity contribution in [2.24, 2.45) is 7.05 Å². The molecule has 0 saturated heterocycles. The van der Waals surface area contributed by atoms with Crippen LogP contribution in [0.4, 0.5) is 23.4 Å². The summed E-state index contributed by atoms with van der Waals surface area (Å²) in [5, 5.41) is 12.3. The number of alkyl halides is 3. The van der Waals surface area contributed by atoms with E-state index in [1.807, 2.05) is 0 Å². The van der Waals surface area contributed by atoms with Crippen LogP contribution >= 0.6 is 0 Å². The maximum atomic E-state index is 15.3. The minimum Gasteiger partial charge on any atom is -0.493 e. The maximum Gasteiger partial charge on any atom is 0.416 e. The Bertz CT molecular complexity index is 1810. The van der Waals surface area contributed by atoms with Crippen molar-refractivity contribution in [1.29, 1.82) is 0 Å². The van der Waals surface area contributed by atoms with Crippen molar-refractivity contribution in [3.05, 3.63) is 70.1 Å². The first-order valence-electron chi connectivity index (χ1n) is 11.8. The highest BCUT2D eigenvalue weighted by Gasteiger charge is 2.33. The van der Waals surface area contributed by atoms with Crippen LogP contribution in [0.15, 0.2) is 46.0 Å². The van der Waals surface area contributed by atoms with Crippen LogP contribution in [0.5, 0.6) is 11.5 Å². The smallest absolute Gasteiger partial charge is 0.416 e. The monoisotopic (exact) mass is 575 g/mol. The number of aromatic nitrogens is 6. The number of amides is 1. The zero-order valence-electron chi connectivity index (χ0n) is 21.7.